The van der Waals surface area contributed by atoms with Crippen LogP contribution in [-0.4, -0.2) is 28.5 Å². The van der Waals surface area contributed by atoms with E-state index in [1.54, 1.807) is 7.05 Å². The summed E-state index contributed by atoms with van der Waals surface area (Å²) in [6, 6.07) is 0. The van der Waals surface area contributed by atoms with Crippen molar-refractivity contribution in [1.82, 2.24) is 15.0 Å². The minimum atomic E-state index is -4.62. The number of halogens is 3. The van der Waals surface area contributed by atoms with E-state index in [4.69, 9.17) is 5.73 Å². The number of anilines is 2. The summed E-state index contributed by atoms with van der Waals surface area (Å²) in [6.07, 6.45) is -4.62. The van der Waals surface area contributed by atoms with Crippen LogP contribution in [0.2, 0.25) is 0 Å². The molecule has 0 radical (unpaired) electrons. The van der Waals surface area contributed by atoms with Gasteiger partial charge in [-0.3, -0.25) is 0 Å². The minimum absolute atomic E-state index is 0.0708. The van der Waals surface area contributed by atoms with Crippen LogP contribution in [0.1, 0.15) is 19.7 Å². The standard InChI is InChI=1S/C9H14F3N5/c1-5(2)4-17(3)8-15-6(9(10,11)12)14-7(13)16-8/h5H,4H2,1-3H3,(H2,13,14,15,16). The van der Waals surface area contributed by atoms with Gasteiger partial charge in [-0.15, -0.1) is 0 Å². The van der Waals surface area contributed by atoms with Crippen LogP contribution in [0.4, 0.5) is 25.1 Å². The molecule has 1 aromatic rings. The number of nitrogen functional groups attached to an aromatic ring is 1. The average molecular weight is 249 g/mol. The Morgan fingerprint density at radius 1 is 1.24 bits per heavy atom. The van der Waals surface area contributed by atoms with Crippen molar-refractivity contribution in [3.63, 3.8) is 0 Å². The molecule has 0 aliphatic carbocycles. The Kier molecular flexibility index (Phi) is 3.74. The zero-order chi connectivity index (χ0) is 13.2. The van der Waals surface area contributed by atoms with Crippen molar-refractivity contribution in [1.29, 1.82) is 0 Å². The Morgan fingerprint density at radius 3 is 2.29 bits per heavy atom. The first-order valence-electron chi connectivity index (χ1n) is 5.00. The van der Waals surface area contributed by atoms with Crippen LogP contribution in [-0.2, 0) is 6.18 Å². The van der Waals surface area contributed by atoms with Gasteiger partial charge in [0.25, 0.3) is 0 Å². The predicted octanol–water partition coefficient (Wildman–Crippen LogP) is 1.56. The van der Waals surface area contributed by atoms with E-state index in [1.807, 2.05) is 13.8 Å². The summed E-state index contributed by atoms with van der Waals surface area (Å²) in [5.41, 5.74) is 5.24. The number of aromatic nitrogens is 3. The van der Waals surface area contributed by atoms with E-state index in [9.17, 15) is 13.2 Å². The first kappa shape index (κ1) is 13.5. The lowest BCUT2D eigenvalue weighted by molar-refractivity contribution is -0.144. The lowest BCUT2D eigenvalue weighted by Gasteiger charge is -2.19. The van der Waals surface area contributed by atoms with Crippen molar-refractivity contribution in [2.45, 2.75) is 20.0 Å². The summed E-state index contributed by atoms with van der Waals surface area (Å²) in [5.74, 6) is -1.50. The zero-order valence-corrected chi connectivity index (χ0v) is 9.78. The molecule has 1 rings (SSSR count). The molecule has 5 nitrogen and oxygen atoms in total. The van der Waals surface area contributed by atoms with Crippen molar-refractivity contribution < 1.29 is 13.2 Å². The van der Waals surface area contributed by atoms with Gasteiger partial charge in [-0.1, -0.05) is 13.8 Å². The van der Waals surface area contributed by atoms with Crippen LogP contribution in [0, 0.1) is 5.92 Å². The van der Waals surface area contributed by atoms with Crippen LogP contribution in [0.15, 0.2) is 0 Å². The van der Waals surface area contributed by atoms with Gasteiger partial charge in [-0.25, -0.2) is 0 Å². The second-order valence-corrected chi connectivity index (χ2v) is 4.09. The van der Waals surface area contributed by atoms with E-state index in [-0.39, 0.29) is 11.9 Å². The van der Waals surface area contributed by atoms with E-state index < -0.39 is 17.9 Å². The Labute approximate surface area is 96.9 Å². The molecule has 0 aromatic carbocycles. The zero-order valence-electron chi connectivity index (χ0n) is 9.78. The predicted molar refractivity (Wildman–Crippen MR) is 57.3 cm³/mol. The summed E-state index contributed by atoms with van der Waals surface area (Å²) < 4.78 is 37.3. The van der Waals surface area contributed by atoms with Crippen molar-refractivity contribution in [3.05, 3.63) is 5.82 Å². The van der Waals surface area contributed by atoms with Crippen LogP contribution < -0.4 is 10.6 Å². The van der Waals surface area contributed by atoms with Gasteiger partial charge in [-0.2, -0.15) is 28.1 Å². The molecule has 0 spiro atoms. The summed E-state index contributed by atoms with van der Waals surface area (Å²) in [7, 11) is 1.61. The lowest BCUT2D eigenvalue weighted by Crippen LogP contribution is -2.26. The molecule has 0 fully saturated rings. The molecule has 0 aliphatic heterocycles. The van der Waals surface area contributed by atoms with Crippen LogP contribution >= 0.6 is 0 Å². The maximum atomic E-state index is 12.4. The summed E-state index contributed by atoms with van der Waals surface area (Å²) in [5, 5.41) is 0. The Balaban J connectivity index is 3.05. The molecular formula is C9H14F3N5. The smallest absolute Gasteiger partial charge is 0.368 e. The molecule has 0 bridgehead atoms. The highest BCUT2D eigenvalue weighted by molar-refractivity contribution is 5.34. The molecule has 0 saturated carbocycles. The highest BCUT2D eigenvalue weighted by atomic mass is 19.4. The van der Waals surface area contributed by atoms with E-state index in [0.717, 1.165) is 0 Å². The SMILES string of the molecule is CC(C)CN(C)c1nc(N)nc(C(F)(F)F)n1. The molecule has 0 unspecified atom stereocenters. The quantitative estimate of drug-likeness (QED) is 0.880. The van der Waals surface area contributed by atoms with Gasteiger partial charge in [0.2, 0.25) is 17.7 Å². The Hall–Kier alpha value is -1.60. The molecule has 17 heavy (non-hydrogen) atoms. The molecule has 8 heteroatoms. The number of hydrogen-bond donors (Lipinski definition) is 1. The van der Waals surface area contributed by atoms with Crippen LogP contribution in [0.25, 0.3) is 0 Å². The maximum Gasteiger partial charge on any atom is 0.451 e. The molecule has 1 aromatic heterocycles. The molecule has 0 amide bonds. The average Bonchev–Trinajstić information content (AvgIpc) is 2.14. The molecule has 1 heterocycles. The number of nitrogens with two attached hydrogens (primary N) is 1. The van der Waals surface area contributed by atoms with E-state index in [2.05, 4.69) is 15.0 Å². The summed E-state index contributed by atoms with van der Waals surface area (Å²) in [6.45, 7) is 4.40. The fraction of sp³-hybridized carbons (Fsp3) is 0.667. The first-order chi connectivity index (χ1) is 7.70. The van der Waals surface area contributed by atoms with Gasteiger partial charge in [0, 0.05) is 13.6 Å². The number of rotatable bonds is 3. The second kappa shape index (κ2) is 4.72. The van der Waals surface area contributed by atoms with E-state index in [1.165, 1.54) is 4.90 Å². The Bertz CT molecular complexity index is 391. The van der Waals surface area contributed by atoms with Gasteiger partial charge in [-0.05, 0) is 5.92 Å². The number of nitrogens with zero attached hydrogens (tertiary/aromatic N) is 4. The monoisotopic (exact) mass is 249 g/mol. The van der Waals surface area contributed by atoms with E-state index >= 15 is 0 Å². The number of hydrogen-bond acceptors (Lipinski definition) is 5. The van der Waals surface area contributed by atoms with Crippen molar-refractivity contribution in [3.8, 4) is 0 Å². The van der Waals surface area contributed by atoms with Crippen molar-refractivity contribution in [2.75, 3.05) is 24.2 Å². The van der Waals surface area contributed by atoms with Gasteiger partial charge < -0.3 is 10.6 Å². The number of alkyl halides is 3. The summed E-state index contributed by atoms with van der Waals surface area (Å²) >= 11 is 0. The van der Waals surface area contributed by atoms with Gasteiger partial charge >= 0.3 is 6.18 Å². The van der Waals surface area contributed by atoms with Gasteiger partial charge in [0.1, 0.15) is 0 Å². The van der Waals surface area contributed by atoms with Crippen molar-refractivity contribution in [2.24, 2.45) is 5.92 Å². The largest absolute Gasteiger partial charge is 0.451 e. The highest BCUT2D eigenvalue weighted by Crippen LogP contribution is 2.27. The Morgan fingerprint density at radius 2 is 1.82 bits per heavy atom. The third kappa shape index (κ3) is 3.72. The van der Waals surface area contributed by atoms with Crippen molar-refractivity contribution >= 4 is 11.9 Å². The first-order valence-corrected chi connectivity index (χ1v) is 5.00. The third-order valence-corrected chi connectivity index (χ3v) is 1.87. The fourth-order valence-electron chi connectivity index (χ4n) is 1.31. The second-order valence-electron chi connectivity index (χ2n) is 4.09. The molecule has 96 valence electrons. The van der Waals surface area contributed by atoms with Gasteiger partial charge in [0.15, 0.2) is 0 Å². The topological polar surface area (TPSA) is 67.9 Å². The molecule has 0 saturated heterocycles. The molecular weight excluding hydrogens is 235 g/mol. The molecule has 0 aliphatic rings. The highest BCUT2D eigenvalue weighted by Gasteiger charge is 2.36. The normalized spacial score (nSPS) is 11.9. The van der Waals surface area contributed by atoms with E-state index in [0.29, 0.717) is 6.54 Å². The molecule has 2 N–H and O–H groups in total. The maximum absolute atomic E-state index is 12.4. The minimum Gasteiger partial charge on any atom is -0.368 e. The van der Waals surface area contributed by atoms with Gasteiger partial charge in [0.05, 0.1) is 0 Å². The molecule has 0 atom stereocenters. The fourth-order valence-corrected chi connectivity index (χ4v) is 1.31. The van der Waals surface area contributed by atoms with Crippen LogP contribution in [0.5, 0.6) is 0 Å². The lowest BCUT2D eigenvalue weighted by atomic mass is 10.2. The van der Waals surface area contributed by atoms with Crippen LogP contribution in [0.3, 0.4) is 0 Å². The third-order valence-electron chi connectivity index (χ3n) is 1.87. The summed E-state index contributed by atoms with van der Waals surface area (Å²) in [4.78, 5) is 11.6.